The molecule has 0 atom stereocenters. The van der Waals surface area contributed by atoms with Crippen LogP contribution in [0.15, 0.2) is 18.2 Å². The highest BCUT2D eigenvalue weighted by atomic mass is 16.4. The van der Waals surface area contributed by atoms with Crippen LogP contribution in [-0.4, -0.2) is 24.2 Å². The minimum atomic E-state index is -0.888. The summed E-state index contributed by atoms with van der Waals surface area (Å²) in [5, 5.41) is 9.29. The summed E-state index contributed by atoms with van der Waals surface area (Å²) in [7, 11) is 0. The van der Waals surface area contributed by atoms with Gasteiger partial charge in [-0.05, 0) is 42.9 Å². The molecule has 19 heavy (non-hydrogen) atoms. The quantitative estimate of drug-likeness (QED) is 0.819. The third kappa shape index (κ3) is 2.53. The first kappa shape index (κ1) is 13.7. The molecule has 1 heterocycles. The normalized spacial score (nSPS) is 17.7. The fourth-order valence-corrected chi connectivity index (χ4v) is 2.96. The minimum absolute atomic E-state index is 0.320. The van der Waals surface area contributed by atoms with E-state index in [2.05, 4.69) is 18.7 Å². The van der Waals surface area contributed by atoms with Crippen molar-refractivity contribution in [1.29, 1.82) is 0 Å². The first-order chi connectivity index (χ1) is 9.01. The highest BCUT2D eigenvalue weighted by molar-refractivity contribution is 5.95. The van der Waals surface area contributed by atoms with Crippen molar-refractivity contribution in [2.24, 2.45) is 5.41 Å². The molecule has 0 spiro atoms. The molecule has 104 valence electrons. The van der Waals surface area contributed by atoms with E-state index in [0.29, 0.717) is 16.7 Å². The number of anilines is 2. The average molecular weight is 262 g/mol. The summed E-state index contributed by atoms with van der Waals surface area (Å²) in [6, 6.07) is 5.03. The van der Waals surface area contributed by atoms with E-state index in [1.807, 2.05) is 0 Å². The van der Waals surface area contributed by atoms with Crippen molar-refractivity contribution >= 4 is 17.3 Å². The number of aromatic carboxylic acids is 1. The molecule has 1 aromatic carbocycles. The Hall–Kier alpha value is -1.71. The molecule has 0 aliphatic carbocycles. The number of rotatable bonds is 4. The van der Waals surface area contributed by atoms with Crippen LogP contribution in [-0.2, 0) is 0 Å². The van der Waals surface area contributed by atoms with Gasteiger partial charge in [-0.2, -0.15) is 0 Å². The highest BCUT2D eigenvalue weighted by Crippen LogP contribution is 2.40. The van der Waals surface area contributed by atoms with E-state index in [9.17, 15) is 9.90 Å². The number of hydrogen-bond donors (Lipinski definition) is 2. The molecule has 3 N–H and O–H groups in total. The van der Waals surface area contributed by atoms with Gasteiger partial charge >= 0.3 is 5.97 Å². The lowest BCUT2D eigenvalue weighted by molar-refractivity contribution is 0.0697. The molecule has 2 rings (SSSR count). The molecule has 0 amide bonds. The van der Waals surface area contributed by atoms with Crippen molar-refractivity contribution in [3.8, 4) is 0 Å². The monoisotopic (exact) mass is 262 g/mol. The fourth-order valence-electron chi connectivity index (χ4n) is 2.96. The number of carboxylic acid groups (broad SMARTS) is 1. The van der Waals surface area contributed by atoms with Gasteiger partial charge in [0.15, 0.2) is 0 Å². The summed E-state index contributed by atoms with van der Waals surface area (Å²) >= 11 is 0. The first-order valence-electron chi connectivity index (χ1n) is 6.89. The number of benzene rings is 1. The molecular formula is C15H22N2O2. The van der Waals surface area contributed by atoms with Crippen molar-refractivity contribution in [3.63, 3.8) is 0 Å². The Kier molecular flexibility index (Phi) is 3.69. The van der Waals surface area contributed by atoms with Crippen LogP contribution in [0.3, 0.4) is 0 Å². The number of nitrogens with zero attached hydrogens (tertiary/aromatic N) is 1. The molecule has 0 radical (unpaired) electrons. The summed E-state index contributed by atoms with van der Waals surface area (Å²) in [5.74, 6) is -0.888. The Morgan fingerprint density at radius 1 is 1.42 bits per heavy atom. The van der Waals surface area contributed by atoms with Gasteiger partial charge in [-0.15, -0.1) is 0 Å². The molecule has 1 aliphatic rings. The van der Waals surface area contributed by atoms with E-state index in [1.54, 1.807) is 18.2 Å². The van der Waals surface area contributed by atoms with E-state index in [0.717, 1.165) is 38.0 Å². The first-order valence-corrected chi connectivity index (χ1v) is 6.89. The molecular weight excluding hydrogens is 240 g/mol. The predicted octanol–water partition coefficient (Wildman–Crippen LogP) is 2.98. The van der Waals surface area contributed by atoms with Crippen molar-refractivity contribution < 1.29 is 9.90 Å². The second-order valence-electron chi connectivity index (χ2n) is 5.46. The van der Waals surface area contributed by atoms with Crippen molar-refractivity contribution in [3.05, 3.63) is 23.8 Å². The predicted molar refractivity (Wildman–Crippen MR) is 77.7 cm³/mol. The minimum Gasteiger partial charge on any atom is -0.478 e. The van der Waals surface area contributed by atoms with Crippen LogP contribution >= 0.6 is 0 Å². The lowest BCUT2D eigenvalue weighted by Crippen LogP contribution is -2.27. The van der Waals surface area contributed by atoms with Gasteiger partial charge in [0.1, 0.15) is 0 Å². The summed E-state index contributed by atoms with van der Waals surface area (Å²) in [5.41, 5.74) is 7.85. The summed E-state index contributed by atoms with van der Waals surface area (Å²) in [6.45, 7) is 6.25. The Bertz CT molecular complexity index is 481. The molecule has 0 bridgehead atoms. The second kappa shape index (κ2) is 5.11. The van der Waals surface area contributed by atoms with E-state index < -0.39 is 5.97 Å². The Morgan fingerprint density at radius 2 is 2.11 bits per heavy atom. The summed E-state index contributed by atoms with van der Waals surface area (Å²) in [6.07, 6.45) is 3.38. The fraction of sp³-hybridized carbons (Fsp3) is 0.533. The lowest BCUT2D eigenvalue weighted by Gasteiger charge is -2.28. The van der Waals surface area contributed by atoms with Crippen LogP contribution in [0.2, 0.25) is 0 Å². The maximum atomic E-state index is 11.3. The third-order valence-corrected chi connectivity index (χ3v) is 4.53. The van der Waals surface area contributed by atoms with Gasteiger partial charge < -0.3 is 15.7 Å². The van der Waals surface area contributed by atoms with Crippen LogP contribution in [0.5, 0.6) is 0 Å². The number of carbonyl (C=O) groups is 1. The van der Waals surface area contributed by atoms with E-state index in [1.165, 1.54) is 0 Å². The smallest absolute Gasteiger partial charge is 0.337 e. The van der Waals surface area contributed by atoms with Crippen molar-refractivity contribution in [1.82, 2.24) is 0 Å². The SMILES string of the molecule is CCC1(CC)CCN(c2cc(N)ccc2C(=O)O)C1. The van der Waals surface area contributed by atoms with Crippen molar-refractivity contribution in [2.45, 2.75) is 33.1 Å². The zero-order valence-electron chi connectivity index (χ0n) is 11.6. The van der Waals surface area contributed by atoms with Gasteiger partial charge in [0.2, 0.25) is 0 Å². The van der Waals surface area contributed by atoms with E-state index in [4.69, 9.17) is 5.73 Å². The lowest BCUT2D eigenvalue weighted by atomic mass is 9.82. The van der Waals surface area contributed by atoms with Gasteiger partial charge in [-0.1, -0.05) is 13.8 Å². The molecule has 0 saturated carbocycles. The van der Waals surface area contributed by atoms with Crippen LogP contribution in [0.25, 0.3) is 0 Å². The molecule has 4 nitrogen and oxygen atoms in total. The maximum absolute atomic E-state index is 11.3. The summed E-state index contributed by atoms with van der Waals surface area (Å²) in [4.78, 5) is 13.5. The molecule has 1 aliphatic heterocycles. The van der Waals surface area contributed by atoms with E-state index >= 15 is 0 Å². The van der Waals surface area contributed by atoms with Gasteiger partial charge in [0, 0.05) is 18.8 Å². The molecule has 1 aromatic rings. The van der Waals surface area contributed by atoms with E-state index in [-0.39, 0.29) is 0 Å². The largest absolute Gasteiger partial charge is 0.478 e. The Labute approximate surface area is 114 Å². The number of nitrogen functional groups attached to an aromatic ring is 1. The molecule has 0 unspecified atom stereocenters. The van der Waals surface area contributed by atoms with Gasteiger partial charge in [0.25, 0.3) is 0 Å². The zero-order chi connectivity index (χ0) is 14.0. The zero-order valence-corrected chi connectivity index (χ0v) is 11.6. The number of hydrogen-bond acceptors (Lipinski definition) is 3. The molecule has 0 aromatic heterocycles. The number of nitrogens with two attached hydrogens (primary N) is 1. The molecule has 1 fully saturated rings. The van der Waals surface area contributed by atoms with Gasteiger partial charge in [0.05, 0.1) is 11.3 Å². The third-order valence-electron chi connectivity index (χ3n) is 4.53. The van der Waals surface area contributed by atoms with Crippen LogP contribution in [0, 0.1) is 5.41 Å². The summed E-state index contributed by atoms with van der Waals surface area (Å²) < 4.78 is 0. The van der Waals surface area contributed by atoms with Gasteiger partial charge in [-0.25, -0.2) is 4.79 Å². The molecule has 1 saturated heterocycles. The molecule has 4 heteroatoms. The van der Waals surface area contributed by atoms with Gasteiger partial charge in [-0.3, -0.25) is 0 Å². The van der Waals surface area contributed by atoms with Crippen LogP contribution < -0.4 is 10.6 Å². The Morgan fingerprint density at radius 3 is 2.63 bits per heavy atom. The van der Waals surface area contributed by atoms with Crippen LogP contribution in [0.1, 0.15) is 43.5 Å². The van der Waals surface area contributed by atoms with Crippen LogP contribution in [0.4, 0.5) is 11.4 Å². The second-order valence-corrected chi connectivity index (χ2v) is 5.46. The van der Waals surface area contributed by atoms with Crippen molar-refractivity contribution in [2.75, 3.05) is 23.7 Å². The average Bonchev–Trinajstić information content (AvgIpc) is 2.83. The highest BCUT2D eigenvalue weighted by Gasteiger charge is 2.36. The maximum Gasteiger partial charge on any atom is 0.337 e. The standard InChI is InChI=1S/C15H22N2O2/c1-3-15(4-2)7-8-17(10-15)13-9-11(16)5-6-12(13)14(18)19/h5-6,9H,3-4,7-8,10,16H2,1-2H3,(H,18,19). The number of carboxylic acids is 1. The topological polar surface area (TPSA) is 66.6 Å². The Balaban J connectivity index is 2.33.